The van der Waals surface area contributed by atoms with Gasteiger partial charge in [0, 0.05) is 33.0 Å². The van der Waals surface area contributed by atoms with E-state index in [1.54, 1.807) is 0 Å². The van der Waals surface area contributed by atoms with Gasteiger partial charge in [-0.15, -0.1) is 0 Å². The summed E-state index contributed by atoms with van der Waals surface area (Å²) in [6.45, 7) is 16.1. The van der Waals surface area contributed by atoms with Crippen LogP contribution in [-0.2, 0) is 0 Å². The molecule has 5 aromatic rings. The smallest absolute Gasteiger partial charge is 0.160 e. The molecule has 278 valence electrons. The van der Waals surface area contributed by atoms with E-state index in [0.29, 0.717) is 38.3 Å². The van der Waals surface area contributed by atoms with E-state index in [2.05, 4.69) is 36.8 Å². The molecule has 0 fully saturated rings. The van der Waals surface area contributed by atoms with Crippen LogP contribution < -0.4 is 20.9 Å². The Balaban J connectivity index is 1.40. The van der Waals surface area contributed by atoms with Gasteiger partial charge in [-0.3, -0.25) is 11.5 Å². The fourth-order valence-corrected chi connectivity index (χ4v) is 6.36. The number of ether oxygens (including phenoxy) is 2. The molecule has 5 heterocycles. The van der Waals surface area contributed by atoms with Gasteiger partial charge in [-0.05, 0) is 97.8 Å². The molecule has 2 aliphatic heterocycles. The molecule has 0 aliphatic carbocycles. The first kappa shape index (κ1) is 37.5. The summed E-state index contributed by atoms with van der Waals surface area (Å²) >= 11 is 14.0. The first-order valence-corrected chi connectivity index (χ1v) is 18.7. The third-order valence-electron chi connectivity index (χ3n) is 10.5. The van der Waals surface area contributed by atoms with Gasteiger partial charge in [0.1, 0.15) is 11.5 Å². The van der Waals surface area contributed by atoms with Crippen molar-refractivity contribution >= 4 is 69.6 Å². The summed E-state index contributed by atoms with van der Waals surface area (Å²) in [6.07, 6.45) is 7.93. The fourth-order valence-electron chi connectivity index (χ4n) is 5.93. The van der Waals surface area contributed by atoms with Crippen LogP contribution in [0.2, 0.25) is 10.0 Å². The summed E-state index contributed by atoms with van der Waals surface area (Å²) in [6, 6.07) is 23.7. The maximum Gasteiger partial charge on any atom is 0.160 e. The molecular weight excluding hydrogens is 715 g/mol. The van der Waals surface area contributed by atoms with E-state index in [1.807, 2.05) is 126 Å². The molecule has 3 aromatic heterocycles. The number of halogens is 2. The van der Waals surface area contributed by atoms with Crippen molar-refractivity contribution in [2.24, 2.45) is 22.3 Å². The molecule has 2 aliphatic rings. The molecule has 0 amide bonds. The van der Waals surface area contributed by atoms with Crippen molar-refractivity contribution in [2.75, 3.05) is 0 Å². The number of fused-ring (bicyclic) bond motifs is 8. The fraction of sp³-hybridized carbons (Fsp3) is 0.273. The maximum atomic E-state index is 7.04. The number of hydrogen-bond donors (Lipinski definition) is 4. The SMILES string of the molecule is CC(C)(C)C(C)(N)Oc1ccc(-c2c3nc(cc4[nH]c(c(Cl)c4Cl)c(-c4ccc(OC(C)(N)C(C)(C)C)cc4)c4nc(cc5ccc2[nH]5)C=C4)C=C3)cc1. The van der Waals surface area contributed by atoms with Crippen LogP contribution in [-0.4, -0.2) is 31.4 Å². The molecular formula is C44H46Cl2N6O2. The Hall–Kier alpha value is -4.86. The van der Waals surface area contributed by atoms with E-state index in [9.17, 15) is 0 Å². The standard InChI is InChI=1S/C44H46Cl2N6O2/c1-41(2,3)43(7,47)53-30-16-9-25(10-17-30)36-32-20-13-27(49-32)23-28-14-22-34(50-28)37(26-11-18-31(19-12-26)54-44(8,48)42(4,5)6)40-39(46)38(45)35(52-40)24-29-15-21-33(36)51-29/h9-24,49,52H,47-48H2,1-8H3. The Bertz CT molecular complexity index is 2480. The summed E-state index contributed by atoms with van der Waals surface area (Å²) in [5, 5.41) is 0.768. The Labute approximate surface area is 326 Å². The number of aromatic amines is 2. The molecule has 10 heteroatoms. The molecule has 7 rings (SSSR count). The predicted octanol–water partition coefficient (Wildman–Crippen LogP) is 11.5. The predicted molar refractivity (Wildman–Crippen MR) is 225 cm³/mol. The molecule has 0 saturated carbocycles. The van der Waals surface area contributed by atoms with E-state index in [1.165, 1.54) is 0 Å². The van der Waals surface area contributed by atoms with Gasteiger partial charge in [0.2, 0.25) is 0 Å². The molecule has 2 unspecified atom stereocenters. The first-order valence-electron chi connectivity index (χ1n) is 17.9. The Morgan fingerprint density at radius 2 is 1.02 bits per heavy atom. The molecule has 2 atom stereocenters. The Morgan fingerprint density at radius 3 is 1.54 bits per heavy atom. The highest BCUT2D eigenvalue weighted by atomic mass is 35.5. The number of hydrogen-bond acceptors (Lipinski definition) is 6. The number of aromatic nitrogens is 4. The Morgan fingerprint density at radius 1 is 0.537 bits per heavy atom. The molecule has 8 bridgehead atoms. The van der Waals surface area contributed by atoms with Crippen LogP contribution in [0.4, 0.5) is 0 Å². The zero-order chi connectivity index (χ0) is 38.8. The average molecular weight is 762 g/mol. The van der Waals surface area contributed by atoms with E-state index >= 15 is 0 Å². The number of nitrogens with two attached hydrogens (primary N) is 2. The molecule has 0 saturated heterocycles. The van der Waals surface area contributed by atoms with Crippen molar-refractivity contribution < 1.29 is 9.47 Å². The molecule has 6 N–H and O–H groups in total. The second-order valence-electron chi connectivity index (χ2n) is 16.4. The Kier molecular flexibility index (Phi) is 9.34. The topological polar surface area (TPSA) is 128 Å². The summed E-state index contributed by atoms with van der Waals surface area (Å²) in [4.78, 5) is 17.2. The molecule has 54 heavy (non-hydrogen) atoms. The van der Waals surface area contributed by atoms with Gasteiger partial charge in [0.05, 0.1) is 43.9 Å². The van der Waals surface area contributed by atoms with Gasteiger partial charge in [0.25, 0.3) is 0 Å². The van der Waals surface area contributed by atoms with Crippen molar-refractivity contribution in [1.82, 2.24) is 19.9 Å². The van der Waals surface area contributed by atoms with Crippen molar-refractivity contribution in [3.63, 3.8) is 0 Å². The highest BCUT2D eigenvalue weighted by Gasteiger charge is 2.37. The van der Waals surface area contributed by atoms with Crippen molar-refractivity contribution in [3.05, 3.63) is 106 Å². The molecule has 0 radical (unpaired) electrons. The number of nitrogens with zero attached hydrogens (tertiary/aromatic N) is 2. The number of nitrogens with one attached hydrogen (secondary N) is 2. The molecule has 8 nitrogen and oxygen atoms in total. The first-order chi connectivity index (χ1) is 25.3. The second-order valence-corrected chi connectivity index (χ2v) is 17.1. The zero-order valence-electron chi connectivity index (χ0n) is 31.9. The quantitative estimate of drug-likeness (QED) is 0.125. The minimum Gasteiger partial charge on any atom is -0.473 e. The number of benzene rings is 2. The van der Waals surface area contributed by atoms with E-state index < -0.39 is 11.4 Å². The van der Waals surface area contributed by atoms with Crippen LogP contribution in [0.25, 0.3) is 68.6 Å². The monoisotopic (exact) mass is 760 g/mol. The van der Waals surface area contributed by atoms with Crippen LogP contribution in [0.1, 0.15) is 78.2 Å². The summed E-state index contributed by atoms with van der Waals surface area (Å²) < 4.78 is 12.5. The maximum absolute atomic E-state index is 7.04. The lowest BCUT2D eigenvalue weighted by atomic mass is 9.85. The van der Waals surface area contributed by atoms with E-state index in [-0.39, 0.29) is 10.8 Å². The summed E-state index contributed by atoms with van der Waals surface area (Å²) in [7, 11) is 0. The summed E-state index contributed by atoms with van der Waals surface area (Å²) in [5.74, 6) is 1.34. The van der Waals surface area contributed by atoms with Crippen LogP contribution in [0.15, 0.2) is 72.8 Å². The lowest BCUT2D eigenvalue weighted by molar-refractivity contribution is -0.0108. The van der Waals surface area contributed by atoms with Gasteiger partial charge >= 0.3 is 0 Å². The van der Waals surface area contributed by atoms with Gasteiger partial charge in [0.15, 0.2) is 11.4 Å². The van der Waals surface area contributed by atoms with Gasteiger partial charge < -0.3 is 19.4 Å². The van der Waals surface area contributed by atoms with Crippen molar-refractivity contribution in [3.8, 4) is 33.8 Å². The van der Waals surface area contributed by atoms with Crippen molar-refractivity contribution in [2.45, 2.75) is 66.8 Å². The zero-order valence-corrected chi connectivity index (χ0v) is 33.4. The summed E-state index contributed by atoms with van der Waals surface area (Å²) in [5.41, 5.74) is 20.4. The van der Waals surface area contributed by atoms with E-state index in [4.69, 9.17) is 54.1 Å². The molecule has 2 aromatic carbocycles. The van der Waals surface area contributed by atoms with Gasteiger partial charge in [-0.2, -0.15) is 0 Å². The second kappa shape index (κ2) is 13.5. The highest BCUT2D eigenvalue weighted by Crippen LogP contribution is 2.40. The average Bonchev–Trinajstić information content (AvgIpc) is 3.89. The minimum atomic E-state index is -0.883. The minimum absolute atomic E-state index is 0.267. The third-order valence-corrected chi connectivity index (χ3v) is 11.4. The molecule has 0 spiro atoms. The third kappa shape index (κ3) is 7.19. The van der Waals surface area contributed by atoms with Crippen molar-refractivity contribution in [1.29, 1.82) is 0 Å². The van der Waals surface area contributed by atoms with Crippen LogP contribution in [0.3, 0.4) is 0 Å². The highest BCUT2D eigenvalue weighted by molar-refractivity contribution is 6.47. The van der Waals surface area contributed by atoms with Crippen LogP contribution >= 0.6 is 23.2 Å². The van der Waals surface area contributed by atoms with Crippen LogP contribution in [0, 0.1) is 10.8 Å². The van der Waals surface area contributed by atoms with Crippen LogP contribution in [0.5, 0.6) is 11.5 Å². The normalized spacial score (nSPS) is 15.2. The van der Waals surface area contributed by atoms with Gasteiger partial charge in [-0.1, -0.05) is 89.0 Å². The number of H-pyrrole nitrogens is 2. The lowest BCUT2D eigenvalue weighted by Gasteiger charge is -2.38. The lowest BCUT2D eigenvalue weighted by Crippen LogP contribution is -2.53. The largest absolute Gasteiger partial charge is 0.473 e. The van der Waals surface area contributed by atoms with E-state index in [0.717, 1.165) is 50.4 Å². The van der Waals surface area contributed by atoms with Gasteiger partial charge in [-0.25, -0.2) is 9.97 Å². The number of rotatable bonds is 6.